The fraction of sp³-hybridized carbons (Fsp3) is 0.833. The zero-order valence-corrected chi connectivity index (χ0v) is 10.8. The highest BCUT2D eigenvalue weighted by Crippen LogP contribution is 2.15. The molecule has 5 nitrogen and oxygen atoms in total. The molecule has 0 aromatic heterocycles. The molecule has 1 aliphatic heterocycles. The van der Waals surface area contributed by atoms with Gasteiger partial charge in [-0.3, -0.25) is 0 Å². The van der Waals surface area contributed by atoms with Crippen molar-refractivity contribution in [2.24, 2.45) is 11.8 Å². The second-order valence-corrected chi connectivity index (χ2v) is 5.31. The Balaban J connectivity index is 2.49. The summed E-state index contributed by atoms with van der Waals surface area (Å²) in [4.78, 5) is 24.6. The third kappa shape index (κ3) is 4.24. The molecule has 5 heteroatoms. The first-order chi connectivity index (χ1) is 7.90. The molecule has 1 saturated heterocycles. The van der Waals surface area contributed by atoms with Crippen molar-refractivity contribution in [3.8, 4) is 0 Å². The van der Waals surface area contributed by atoms with Gasteiger partial charge in [-0.15, -0.1) is 0 Å². The van der Waals surface area contributed by atoms with Crippen LogP contribution in [0.25, 0.3) is 0 Å². The number of carbonyl (C=O) groups is 2. The number of hydrogen-bond donors (Lipinski definition) is 2. The van der Waals surface area contributed by atoms with Crippen LogP contribution in [0.5, 0.6) is 0 Å². The first-order valence-electron chi connectivity index (χ1n) is 6.18. The minimum atomic E-state index is -0.959. The standard InChI is InChI=1S/C12H22N2O3/c1-8(2)6-10(11(15)16)13-12(17)14-5-4-9(3)7-14/h8-10H,4-7H2,1-3H3,(H,13,17)(H,15,16)/t9?,10-/m0/s1. The number of urea groups is 1. The Bertz CT molecular complexity index is 291. The van der Waals surface area contributed by atoms with Crippen molar-refractivity contribution in [3.05, 3.63) is 0 Å². The van der Waals surface area contributed by atoms with Gasteiger partial charge in [-0.05, 0) is 24.7 Å². The molecule has 0 bridgehead atoms. The largest absolute Gasteiger partial charge is 0.480 e. The van der Waals surface area contributed by atoms with Crippen LogP contribution >= 0.6 is 0 Å². The molecule has 1 unspecified atom stereocenters. The molecule has 0 aromatic rings. The van der Waals surface area contributed by atoms with E-state index < -0.39 is 12.0 Å². The van der Waals surface area contributed by atoms with Crippen molar-refractivity contribution in [3.63, 3.8) is 0 Å². The molecule has 98 valence electrons. The molecule has 2 N–H and O–H groups in total. The third-order valence-corrected chi connectivity index (χ3v) is 3.01. The predicted molar refractivity (Wildman–Crippen MR) is 64.8 cm³/mol. The van der Waals surface area contributed by atoms with Crippen LogP contribution in [0.2, 0.25) is 0 Å². The third-order valence-electron chi connectivity index (χ3n) is 3.01. The van der Waals surface area contributed by atoms with E-state index in [2.05, 4.69) is 12.2 Å². The number of carbonyl (C=O) groups excluding carboxylic acids is 1. The van der Waals surface area contributed by atoms with Crippen LogP contribution in [0.15, 0.2) is 0 Å². The summed E-state index contributed by atoms with van der Waals surface area (Å²) in [7, 11) is 0. The van der Waals surface area contributed by atoms with Crippen molar-refractivity contribution in [1.29, 1.82) is 0 Å². The fourth-order valence-electron chi connectivity index (χ4n) is 2.05. The van der Waals surface area contributed by atoms with Crippen molar-refractivity contribution in [2.75, 3.05) is 13.1 Å². The predicted octanol–water partition coefficient (Wildman–Crippen LogP) is 1.54. The highest BCUT2D eigenvalue weighted by atomic mass is 16.4. The Morgan fingerprint density at radius 1 is 1.47 bits per heavy atom. The summed E-state index contributed by atoms with van der Waals surface area (Å²) in [6, 6.07) is -1.03. The van der Waals surface area contributed by atoms with Crippen LogP contribution in [-0.2, 0) is 4.79 Å². The van der Waals surface area contributed by atoms with E-state index in [1.165, 1.54) is 0 Å². The monoisotopic (exact) mass is 242 g/mol. The van der Waals surface area contributed by atoms with E-state index in [1.54, 1.807) is 4.90 Å². The molecule has 1 heterocycles. The van der Waals surface area contributed by atoms with Gasteiger partial charge in [0, 0.05) is 13.1 Å². The van der Waals surface area contributed by atoms with Gasteiger partial charge in [-0.2, -0.15) is 0 Å². The van der Waals surface area contributed by atoms with E-state index in [0.29, 0.717) is 12.3 Å². The van der Waals surface area contributed by atoms with Gasteiger partial charge in [-0.25, -0.2) is 9.59 Å². The van der Waals surface area contributed by atoms with Crippen LogP contribution in [-0.4, -0.2) is 41.1 Å². The maximum absolute atomic E-state index is 11.8. The Morgan fingerprint density at radius 3 is 2.53 bits per heavy atom. The Labute approximate surface area is 102 Å². The van der Waals surface area contributed by atoms with Gasteiger partial charge in [0.25, 0.3) is 0 Å². The highest BCUT2D eigenvalue weighted by Gasteiger charge is 2.27. The molecular formula is C12H22N2O3. The van der Waals surface area contributed by atoms with Crippen molar-refractivity contribution >= 4 is 12.0 Å². The summed E-state index contributed by atoms with van der Waals surface area (Å²) >= 11 is 0. The number of hydrogen-bond acceptors (Lipinski definition) is 2. The van der Waals surface area contributed by atoms with E-state index in [1.807, 2.05) is 13.8 Å². The van der Waals surface area contributed by atoms with Gasteiger partial charge < -0.3 is 15.3 Å². The van der Waals surface area contributed by atoms with Gasteiger partial charge in [0.15, 0.2) is 0 Å². The quantitative estimate of drug-likeness (QED) is 0.785. The smallest absolute Gasteiger partial charge is 0.326 e. The normalized spacial score (nSPS) is 21.6. The SMILES string of the molecule is CC(C)C[C@H](NC(=O)N1CCC(C)C1)C(=O)O. The maximum atomic E-state index is 11.8. The second-order valence-electron chi connectivity index (χ2n) is 5.31. The second kappa shape index (κ2) is 5.89. The lowest BCUT2D eigenvalue weighted by Gasteiger charge is -2.21. The average Bonchev–Trinajstić information content (AvgIpc) is 2.63. The number of rotatable bonds is 4. The molecule has 0 spiro atoms. The molecule has 1 fully saturated rings. The van der Waals surface area contributed by atoms with E-state index >= 15 is 0 Å². The van der Waals surface area contributed by atoms with Crippen molar-refractivity contribution < 1.29 is 14.7 Å². The number of likely N-dealkylation sites (tertiary alicyclic amines) is 1. The summed E-state index contributed by atoms with van der Waals surface area (Å²) in [6.07, 6.45) is 1.46. The molecule has 0 aliphatic carbocycles. The summed E-state index contributed by atoms with van der Waals surface area (Å²) in [5.74, 6) is -0.206. The lowest BCUT2D eigenvalue weighted by atomic mass is 10.0. The number of amides is 2. The molecule has 0 saturated carbocycles. The van der Waals surface area contributed by atoms with Gasteiger partial charge in [0.05, 0.1) is 0 Å². The lowest BCUT2D eigenvalue weighted by molar-refractivity contribution is -0.139. The molecule has 2 amide bonds. The Kier molecular flexibility index (Phi) is 4.78. The van der Waals surface area contributed by atoms with E-state index in [0.717, 1.165) is 19.5 Å². The molecular weight excluding hydrogens is 220 g/mol. The van der Waals surface area contributed by atoms with Crippen molar-refractivity contribution in [1.82, 2.24) is 10.2 Å². The summed E-state index contributed by atoms with van der Waals surface area (Å²) in [5.41, 5.74) is 0. The summed E-state index contributed by atoms with van der Waals surface area (Å²) < 4.78 is 0. The van der Waals surface area contributed by atoms with Gasteiger partial charge in [-0.1, -0.05) is 20.8 Å². The van der Waals surface area contributed by atoms with Crippen molar-refractivity contribution in [2.45, 2.75) is 39.7 Å². The number of aliphatic carboxylic acids is 1. The highest BCUT2D eigenvalue weighted by molar-refractivity contribution is 5.82. The zero-order valence-electron chi connectivity index (χ0n) is 10.8. The summed E-state index contributed by atoms with van der Waals surface area (Å²) in [5, 5.41) is 11.6. The molecule has 17 heavy (non-hydrogen) atoms. The fourth-order valence-corrected chi connectivity index (χ4v) is 2.05. The van der Waals surface area contributed by atoms with Crippen LogP contribution in [0.1, 0.15) is 33.6 Å². The van der Waals surface area contributed by atoms with Gasteiger partial charge >= 0.3 is 12.0 Å². The zero-order chi connectivity index (χ0) is 13.0. The number of carboxylic acid groups (broad SMARTS) is 1. The topological polar surface area (TPSA) is 69.6 Å². The molecule has 0 radical (unpaired) electrons. The number of carboxylic acids is 1. The molecule has 2 atom stereocenters. The van der Waals surface area contributed by atoms with E-state index in [4.69, 9.17) is 5.11 Å². The Morgan fingerprint density at radius 2 is 2.12 bits per heavy atom. The maximum Gasteiger partial charge on any atom is 0.326 e. The first-order valence-corrected chi connectivity index (χ1v) is 6.18. The molecule has 0 aromatic carbocycles. The minimum Gasteiger partial charge on any atom is -0.480 e. The molecule has 1 aliphatic rings. The van der Waals surface area contributed by atoms with Crippen LogP contribution in [0.4, 0.5) is 4.79 Å². The van der Waals surface area contributed by atoms with Crippen LogP contribution < -0.4 is 5.32 Å². The van der Waals surface area contributed by atoms with Gasteiger partial charge in [0.1, 0.15) is 6.04 Å². The average molecular weight is 242 g/mol. The van der Waals surface area contributed by atoms with Gasteiger partial charge in [0.2, 0.25) is 0 Å². The van der Waals surface area contributed by atoms with Crippen LogP contribution in [0, 0.1) is 11.8 Å². The summed E-state index contributed by atoms with van der Waals surface area (Å²) in [6.45, 7) is 7.43. The number of nitrogens with one attached hydrogen (secondary N) is 1. The van der Waals surface area contributed by atoms with E-state index in [-0.39, 0.29) is 11.9 Å². The lowest BCUT2D eigenvalue weighted by Crippen LogP contribution is -2.47. The molecule has 1 rings (SSSR count). The van der Waals surface area contributed by atoms with E-state index in [9.17, 15) is 9.59 Å². The number of nitrogens with zero attached hydrogens (tertiary/aromatic N) is 1. The Hall–Kier alpha value is -1.26. The first kappa shape index (κ1) is 13.8. The minimum absolute atomic E-state index is 0.244. The van der Waals surface area contributed by atoms with Crippen LogP contribution in [0.3, 0.4) is 0 Å².